The van der Waals surface area contributed by atoms with Gasteiger partial charge in [0.25, 0.3) is 0 Å². The number of nitrogens with one attached hydrogen (secondary N) is 1. The molecule has 2 aromatic carbocycles. The molecule has 0 saturated carbocycles. The first-order valence-electron chi connectivity index (χ1n) is 8.61. The van der Waals surface area contributed by atoms with Crippen LogP contribution < -0.4 is 10.1 Å². The second-order valence-electron chi connectivity index (χ2n) is 6.21. The number of Topliss-reactive ketones (excluding diaryl/α,β-unsaturated/α-hetero) is 1. The maximum Gasteiger partial charge on any atom is 0.358 e. The fourth-order valence-electron chi connectivity index (χ4n) is 2.70. The zero-order chi connectivity index (χ0) is 21.0. The number of benzene rings is 2. The van der Waals surface area contributed by atoms with Gasteiger partial charge in [-0.15, -0.1) is 5.10 Å². The Morgan fingerprint density at radius 3 is 2.45 bits per heavy atom. The first-order chi connectivity index (χ1) is 13.9. The summed E-state index contributed by atoms with van der Waals surface area (Å²) in [7, 11) is 1.50. The Bertz CT molecular complexity index is 1070. The molecular weight excluding hydrogens is 376 g/mol. The monoisotopic (exact) mass is 394 g/mol. The zero-order valence-corrected chi connectivity index (χ0v) is 15.7. The number of nitrogens with zero attached hydrogens (tertiary/aromatic N) is 3. The van der Waals surface area contributed by atoms with Gasteiger partial charge in [-0.2, -0.15) is 0 Å². The highest BCUT2D eigenvalue weighted by molar-refractivity contribution is 5.96. The van der Waals surface area contributed by atoms with Crippen molar-refractivity contribution in [3.63, 3.8) is 0 Å². The smallest absolute Gasteiger partial charge is 0.358 e. The maximum absolute atomic E-state index is 12.4. The van der Waals surface area contributed by atoms with E-state index >= 15 is 0 Å². The first kappa shape index (κ1) is 19.7. The van der Waals surface area contributed by atoms with Gasteiger partial charge in [-0.25, -0.2) is 9.48 Å². The third kappa shape index (κ3) is 4.64. The molecule has 9 heteroatoms. The van der Waals surface area contributed by atoms with Gasteiger partial charge >= 0.3 is 5.97 Å². The topological polar surface area (TPSA) is 123 Å². The van der Waals surface area contributed by atoms with Gasteiger partial charge in [0.2, 0.25) is 5.91 Å². The normalized spacial score (nSPS) is 10.4. The molecule has 0 spiro atoms. The largest absolute Gasteiger partial charge is 0.496 e. The third-order valence-corrected chi connectivity index (χ3v) is 4.17. The van der Waals surface area contributed by atoms with E-state index in [1.165, 1.54) is 24.9 Å². The van der Waals surface area contributed by atoms with Crippen molar-refractivity contribution in [2.45, 2.75) is 13.3 Å². The molecule has 9 nitrogen and oxygen atoms in total. The average Bonchev–Trinajstić information content (AvgIpc) is 3.19. The lowest BCUT2D eigenvalue weighted by atomic mass is 10.0. The number of hydrogen-bond donors (Lipinski definition) is 2. The molecule has 0 fully saturated rings. The molecule has 0 radical (unpaired) electrons. The van der Waals surface area contributed by atoms with E-state index in [1.54, 1.807) is 42.5 Å². The van der Waals surface area contributed by atoms with E-state index in [2.05, 4.69) is 15.6 Å². The van der Waals surface area contributed by atoms with Gasteiger partial charge in [-0.3, -0.25) is 9.59 Å². The second-order valence-corrected chi connectivity index (χ2v) is 6.21. The predicted molar refractivity (Wildman–Crippen MR) is 104 cm³/mol. The second kappa shape index (κ2) is 8.34. The Morgan fingerprint density at radius 2 is 1.86 bits per heavy atom. The summed E-state index contributed by atoms with van der Waals surface area (Å²) in [5.41, 5.74) is 2.10. The predicted octanol–water partition coefficient (Wildman–Crippen LogP) is 2.36. The minimum absolute atomic E-state index is 0.0388. The quantitative estimate of drug-likeness (QED) is 0.590. The summed E-state index contributed by atoms with van der Waals surface area (Å²) in [6, 6.07) is 11.6. The van der Waals surface area contributed by atoms with Crippen LogP contribution in [0.5, 0.6) is 5.75 Å². The van der Waals surface area contributed by atoms with E-state index in [0.717, 1.165) is 0 Å². The zero-order valence-electron chi connectivity index (χ0n) is 15.7. The van der Waals surface area contributed by atoms with Crippen LogP contribution in [0.1, 0.15) is 33.3 Å². The Balaban J connectivity index is 1.70. The highest BCUT2D eigenvalue weighted by Crippen LogP contribution is 2.22. The van der Waals surface area contributed by atoms with Gasteiger partial charge < -0.3 is 15.2 Å². The number of ketones is 1. The van der Waals surface area contributed by atoms with Gasteiger partial charge in [-0.05, 0) is 49.4 Å². The number of carbonyl (C=O) groups is 3. The number of aromatic nitrogens is 3. The van der Waals surface area contributed by atoms with E-state index in [-0.39, 0.29) is 23.8 Å². The van der Waals surface area contributed by atoms with E-state index in [0.29, 0.717) is 28.3 Å². The number of hydrogen-bond acceptors (Lipinski definition) is 6. The van der Waals surface area contributed by atoms with E-state index in [1.807, 2.05) is 0 Å². The SMILES string of the molecule is COc1ccc(C(C)=O)cc1CC(=O)Nc1ccc(-n2cc(C(=O)O)nn2)cc1. The molecule has 0 saturated heterocycles. The number of carbonyl (C=O) groups excluding carboxylic acids is 2. The number of ether oxygens (including phenoxy) is 1. The van der Waals surface area contributed by atoms with Gasteiger partial charge in [-0.1, -0.05) is 5.21 Å². The summed E-state index contributed by atoms with van der Waals surface area (Å²) in [5.74, 6) is -1.000. The lowest BCUT2D eigenvalue weighted by Gasteiger charge is -2.11. The summed E-state index contributed by atoms with van der Waals surface area (Å²) in [4.78, 5) is 34.9. The number of aromatic carboxylic acids is 1. The Labute approximate surface area is 165 Å². The summed E-state index contributed by atoms with van der Waals surface area (Å²) in [6.45, 7) is 1.46. The van der Waals surface area contributed by atoms with Crippen molar-refractivity contribution in [3.05, 3.63) is 65.5 Å². The number of methoxy groups -OCH3 is 1. The summed E-state index contributed by atoms with van der Waals surface area (Å²) in [6.07, 6.45) is 1.33. The lowest BCUT2D eigenvalue weighted by molar-refractivity contribution is -0.115. The molecule has 0 aliphatic rings. The van der Waals surface area contributed by atoms with Crippen molar-refractivity contribution in [1.29, 1.82) is 0 Å². The number of carboxylic acid groups (broad SMARTS) is 1. The van der Waals surface area contributed by atoms with E-state index in [4.69, 9.17) is 9.84 Å². The van der Waals surface area contributed by atoms with Crippen LogP contribution in [0.15, 0.2) is 48.7 Å². The van der Waals surface area contributed by atoms with Crippen molar-refractivity contribution in [2.24, 2.45) is 0 Å². The fourth-order valence-corrected chi connectivity index (χ4v) is 2.70. The molecular formula is C20H18N4O5. The van der Waals surface area contributed by atoms with Crippen LogP contribution >= 0.6 is 0 Å². The summed E-state index contributed by atoms with van der Waals surface area (Å²) in [5, 5.41) is 19.0. The molecule has 1 heterocycles. The van der Waals surface area contributed by atoms with Gasteiger partial charge in [0.15, 0.2) is 11.5 Å². The highest BCUT2D eigenvalue weighted by Gasteiger charge is 2.13. The van der Waals surface area contributed by atoms with Crippen LogP contribution in [0.3, 0.4) is 0 Å². The van der Waals surface area contributed by atoms with E-state index < -0.39 is 5.97 Å². The fraction of sp³-hybridized carbons (Fsp3) is 0.150. The molecule has 148 valence electrons. The molecule has 0 bridgehead atoms. The van der Waals surface area contributed by atoms with Gasteiger partial charge in [0.05, 0.1) is 25.4 Å². The van der Waals surface area contributed by atoms with Gasteiger partial charge in [0.1, 0.15) is 5.75 Å². The van der Waals surface area contributed by atoms with Crippen molar-refractivity contribution in [2.75, 3.05) is 12.4 Å². The first-order valence-corrected chi connectivity index (χ1v) is 8.61. The number of carboxylic acids is 1. The summed E-state index contributed by atoms with van der Waals surface area (Å²) < 4.78 is 6.59. The van der Waals surface area contributed by atoms with Crippen LogP contribution in [0.4, 0.5) is 5.69 Å². The highest BCUT2D eigenvalue weighted by atomic mass is 16.5. The number of anilines is 1. The Kier molecular flexibility index (Phi) is 5.68. The van der Waals surface area contributed by atoms with Crippen LogP contribution in [-0.2, 0) is 11.2 Å². The minimum atomic E-state index is -1.16. The molecule has 0 unspecified atom stereocenters. The molecule has 29 heavy (non-hydrogen) atoms. The van der Waals surface area contributed by atoms with Crippen LogP contribution in [0, 0.1) is 0 Å². The molecule has 3 aromatic rings. The Morgan fingerprint density at radius 1 is 1.14 bits per heavy atom. The molecule has 1 aromatic heterocycles. The minimum Gasteiger partial charge on any atom is -0.496 e. The molecule has 0 aliphatic heterocycles. The van der Waals surface area contributed by atoms with Crippen molar-refractivity contribution in [3.8, 4) is 11.4 Å². The van der Waals surface area contributed by atoms with Crippen molar-refractivity contribution >= 4 is 23.3 Å². The van der Waals surface area contributed by atoms with Gasteiger partial charge in [0, 0.05) is 16.8 Å². The van der Waals surface area contributed by atoms with Crippen molar-refractivity contribution < 1.29 is 24.2 Å². The number of rotatable bonds is 7. The third-order valence-electron chi connectivity index (χ3n) is 4.17. The molecule has 1 amide bonds. The van der Waals surface area contributed by atoms with Crippen LogP contribution in [0.2, 0.25) is 0 Å². The van der Waals surface area contributed by atoms with Crippen molar-refractivity contribution in [1.82, 2.24) is 15.0 Å². The van der Waals surface area contributed by atoms with Crippen LogP contribution in [0.25, 0.3) is 5.69 Å². The molecule has 3 rings (SSSR count). The number of amides is 1. The Hall–Kier alpha value is -4.01. The summed E-state index contributed by atoms with van der Waals surface area (Å²) >= 11 is 0. The molecule has 0 aliphatic carbocycles. The lowest BCUT2D eigenvalue weighted by Crippen LogP contribution is -2.15. The maximum atomic E-state index is 12.4. The average molecular weight is 394 g/mol. The standard InChI is InChI=1S/C20H18N4O5/c1-12(25)13-3-8-18(29-2)14(9-13)10-19(26)21-15-4-6-16(7-5-15)24-11-17(20(27)28)22-23-24/h3-9,11H,10H2,1-2H3,(H,21,26)(H,27,28). The van der Waals surface area contributed by atoms with E-state index in [9.17, 15) is 14.4 Å². The van der Waals surface area contributed by atoms with Crippen LogP contribution in [-0.4, -0.2) is 44.9 Å². The molecule has 0 atom stereocenters. The molecule has 2 N–H and O–H groups in total.